The molecule has 1 aliphatic rings. The summed E-state index contributed by atoms with van der Waals surface area (Å²) in [4.78, 5) is 0.0231. The zero-order chi connectivity index (χ0) is 14.9. The van der Waals surface area contributed by atoms with Crippen LogP contribution >= 0.6 is 11.6 Å². The second-order valence-electron chi connectivity index (χ2n) is 5.42. The Kier molecular flexibility index (Phi) is 4.72. The van der Waals surface area contributed by atoms with Crippen LogP contribution in [-0.2, 0) is 15.9 Å². The van der Waals surface area contributed by atoms with E-state index >= 15 is 0 Å². The van der Waals surface area contributed by atoms with Crippen molar-refractivity contribution < 1.29 is 12.8 Å². The van der Waals surface area contributed by atoms with Crippen LogP contribution in [0.5, 0.6) is 0 Å². The molecule has 0 aliphatic heterocycles. The monoisotopic (exact) mass is 319 g/mol. The first kappa shape index (κ1) is 15.7. The molecular weight excluding hydrogens is 301 g/mol. The second kappa shape index (κ2) is 6.00. The molecule has 1 aliphatic carbocycles. The molecule has 0 aromatic heterocycles. The maximum absolute atomic E-state index is 13.8. The molecule has 0 heterocycles. The van der Waals surface area contributed by atoms with Crippen LogP contribution in [0.2, 0.25) is 0 Å². The molecule has 1 aromatic rings. The number of alkyl halides is 1. The van der Waals surface area contributed by atoms with Crippen LogP contribution in [0.3, 0.4) is 0 Å². The molecule has 0 amide bonds. The van der Waals surface area contributed by atoms with E-state index in [2.05, 4.69) is 0 Å². The van der Waals surface area contributed by atoms with Crippen LogP contribution < -0.4 is 0 Å². The fourth-order valence-corrected chi connectivity index (χ4v) is 4.04. The largest absolute Gasteiger partial charge is 0.243 e. The van der Waals surface area contributed by atoms with Gasteiger partial charge in [-0.1, -0.05) is 6.42 Å². The van der Waals surface area contributed by atoms with Crippen molar-refractivity contribution in [1.82, 2.24) is 4.31 Å². The van der Waals surface area contributed by atoms with Crippen molar-refractivity contribution in [3.63, 3.8) is 0 Å². The molecule has 0 unspecified atom stereocenters. The Hall–Kier alpha value is -0.650. The molecule has 112 valence electrons. The Bertz CT molecular complexity index is 599. The fourth-order valence-electron chi connectivity index (χ4n) is 2.36. The number of hydrogen-bond acceptors (Lipinski definition) is 2. The topological polar surface area (TPSA) is 37.4 Å². The molecule has 0 spiro atoms. The summed E-state index contributed by atoms with van der Waals surface area (Å²) in [6.45, 7) is 1.98. The molecule has 0 radical (unpaired) electrons. The van der Waals surface area contributed by atoms with Crippen LogP contribution in [0.1, 0.15) is 30.4 Å². The SMILES string of the molecule is Cc1c(F)cc(CCl)cc1S(=O)(=O)N(C)CC1CCC1. The standard InChI is InChI=1S/C14H19ClFNO2S/c1-10-13(16)6-12(8-15)7-14(10)20(18,19)17(2)9-11-4-3-5-11/h6-7,11H,3-5,8-9H2,1-2H3. The van der Waals surface area contributed by atoms with Gasteiger partial charge in [0.15, 0.2) is 0 Å². The zero-order valence-electron chi connectivity index (χ0n) is 11.7. The van der Waals surface area contributed by atoms with Gasteiger partial charge in [0.25, 0.3) is 0 Å². The lowest BCUT2D eigenvalue weighted by Gasteiger charge is -2.30. The molecule has 2 rings (SSSR count). The van der Waals surface area contributed by atoms with Crippen molar-refractivity contribution in [2.45, 2.75) is 37.0 Å². The average Bonchev–Trinajstić information content (AvgIpc) is 2.36. The van der Waals surface area contributed by atoms with E-state index in [0.29, 0.717) is 18.0 Å². The van der Waals surface area contributed by atoms with Crippen molar-refractivity contribution in [2.75, 3.05) is 13.6 Å². The van der Waals surface area contributed by atoms with Gasteiger partial charge in [0, 0.05) is 25.0 Å². The second-order valence-corrected chi connectivity index (χ2v) is 7.70. The summed E-state index contributed by atoms with van der Waals surface area (Å²) in [5.41, 5.74) is 0.629. The van der Waals surface area contributed by atoms with Gasteiger partial charge in [0.1, 0.15) is 5.82 Å². The zero-order valence-corrected chi connectivity index (χ0v) is 13.3. The smallest absolute Gasteiger partial charge is 0.207 e. The molecular formula is C14H19ClFNO2S. The summed E-state index contributed by atoms with van der Waals surface area (Å²) in [7, 11) is -2.11. The van der Waals surface area contributed by atoms with Crippen molar-refractivity contribution in [3.05, 3.63) is 29.1 Å². The number of rotatable bonds is 5. The Balaban J connectivity index is 2.34. The van der Waals surface area contributed by atoms with E-state index in [0.717, 1.165) is 19.3 Å². The van der Waals surface area contributed by atoms with Crippen LogP contribution in [0.4, 0.5) is 4.39 Å². The summed E-state index contributed by atoms with van der Waals surface area (Å²) in [5.74, 6) is -0.0126. The Labute approximate surface area is 124 Å². The van der Waals surface area contributed by atoms with Crippen molar-refractivity contribution in [3.8, 4) is 0 Å². The van der Waals surface area contributed by atoms with Crippen molar-refractivity contribution in [1.29, 1.82) is 0 Å². The average molecular weight is 320 g/mol. The first-order valence-corrected chi connectivity index (χ1v) is 8.65. The van der Waals surface area contributed by atoms with Gasteiger partial charge in [-0.2, -0.15) is 0 Å². The highest BCUT2D eigenvalue weighted by atomic mass is 35.5. The van der Waals surface area contributed by atoms with E-state index in [1.54, 1.807) is 7.05 Å². The van der Waals surface area contributed by atoms with Crippen molar-refractivity contribution >= 4 is 21.6 Å². The highest BCUT2D eigenvalue weighted by Crippen LogP contribution is 2.30. The molecule has 1 fully saturated rings. The third-order valence-corrected chi connectivity index (χ3v) is 6.20. The predicted molar refractivity (Wildman–Crippen MR) is 77.9 cm³/mol. The van der Waals surface area contributed by atoms with Gasteiger partial charge in [-0.15, -0.1) is 11.6 Å². The maximum Gasteiger partial charge on any atom is 0.243 e. The molecule has 6 heteroatoms. The highest BCUT2D eigenvalue weighted by Gasteiger charge is 2.28. The lowest BCUT2D eigenvalue weighted by molar-refractivity contribution is 0.263. The first-order chi connectivity index (χ1) is 9.36. The minimum absolute atomic E-state index is 0.0231. The fraction of sp³-hybridized carbons (Fsp3) is 0.571. The Morgan fingerprint density at radius 2 is 2.05 bits per heavy atom. The third kappa shape index (κ3) is 3.00. The molecule has 3 nitrogen and oxygen atoms in total. The maximum atomic E-state index is 13.8. The van der Waals surface area contributed by atoms with Gasteiger partial charge in [-0.3, -0.25) is 0 Å². The molecule has 0 N–H and O–H groups in total. The number of nitrogens with zero attached hydrogens (tertiary/aromatic N) is 1. The molecule has 0 saturated heterocycles. The van der Waals surface area contributed by atoms with Crippen molar-refractivity contribution in [2.24, 2.45) is 5.92 Å². The highest BCUT2D eigenvalue weighted by molar-refractivity contribution is 7.89. The summed E-state index contributed by atoms with van der Waals surface area (Å²) < 4.78 is 40.3. The number of hydrogen-bond donors (Lipinski definition) is 0. The third-order valence-electron chi connectivity index (χ3n) is 3.94. The van der Waals surface area contributed by atoms with E-state index in [1.165, 1.54) is 23.4 Å². The van der Waals surface area contributed by atoms with Crippen LogP contribution in [0.15, 0.2) is 17.0 Å². The molecule has 1 saturated carbocycles. The predicted octanol–water partition coefficient (Wildman–Crippen LogP) is 3.29. The number of halogens is 2. The van der Waals surface area contributed by atoms with E-state index < -0.39 is 15.8 Å². The molecule has 1 aromatic carbocycles. The van der Waals surface area contributed by atoms with E-state index in [1.807, 2.05) is 0 Å². The van der Waals surface area contributed by atoms with Gasteiger partial charge >= 0.3 is 0 Å². The minimum atomic E-state index is -3.66. The molecule has 0 bridgehead atoms. The minimum Gasteiger partial charge on any atom is -0.207 e. The van der Waals surface area contributed by atoms with Gasteiger partial charge in [-0.25, -0.2) is 17.1 Å². The summed E-state index contributed by atoms with van der Waals surface area (Å²) in [6, 6.07) is 2.76. The van der Waals surface area contributed by atoms with Gasteiger partial charge in [-0.05, 0) is 43.4 Å². The molecule has 20 heavy (non-hydrogen) atoms. The van der Waals surface area contributed by atoms with E-state index in [-0.39, 0.29) is 16.3 Å². The van der Waals surface area contributed by atoms with Gasteiger partial charge in [0.05, 0.1) is 4.90 Å². The Morgan fingerprint density at radius 1 is 1.40 bits per heavy atom. The van der Waals surface area contributed by atoms with Gasteiger partial charge in [0.2, 0.25) is 10.0 Å². The lowest BCUT2D eigenvalue weighted by Crippen LogP contribution is -2.34. The van der Waals surface area contributed by atoms with Crippen LogP contribution in [-0.4, -0.2) is 26.3 Å². The summed E-state index contributed by atoms with van der Waals surface area (Å²) in [5, 5.41) is 0. The van der Waals surface area contributed by atoms with E-state index in [9.17, 15) is 12.8 Å². The normalized spacial score (nSPS) is 16.4. The number of benzene rings is 1. The Morgan fingerprint density at radius 3 is 2.55 bits per heavy atom. The summed E-state index contributed by atoms with van der Waals surface area (Å²) >= 11 is 5.69. The quantitative estimate of drug-likeness (QED) is 0.781. The molecule has 0 atom stereocenters. The van der Waals surface area contributed by atoms with Crippen LogP contribution in [0.25, 0.3) is 0 Å². The number of sulfonamides is 1. The lowest BCUT2D eigenvalue weighted by atomic mass is 9.86. The van der Waals surface area contributed by atoms with Gasteiger partial charge < -0.3 is 0 Å². The summed E-state index contributed by atoms with van der Waals surface area (Å²) in [6.07, 6.45) is 3.29. The van der Waals surface area contributed by atoms with Crippen LogP contribution in [0, 0.1) is 18.7 Å². The van der Waals surface area contributed by atoms with E-state index in [4.69, 9.17) is 11.6 Å². The first-order valence-electron chi connectivity index (χ1n) is 6.67.